The number of likely N-dealkylation sites (N-methyl/N-ethyl adjacent to an activating group) is 1. The summed E-state index contributed by atoms with van der Waals surface area (Å²) in [5, 5.41) is 5.51. The molecule has 3 amide bonds. The van der Waals surface area contributed by atoms with Gasteiger partial charge in [-0.1, -0.05) is 36.4 Å². The Morgan fingerprint density at radius 1 is 0.963 bits per heavy atom. The van der Waals surface area contributed by atoms with Crippen molar-refractivity contribution in [2.24, 2.45) is 0 Å². The van der Waals surface area contributed by atoms with Gasteiger partial charge in [0.25, 0.3) is 5.91 Å². The molecule has 0 saturated carbocycles. The van der Waals surface area contributed by atoms with E-state index in [0.29, 0.717) is 5.56 Å². The Kier molecular flexibility index (Phi) is 6.71. The SMILES string of the molecule is Cc1cccc(C)c1NC(=O)CN(C)C(=O)C(C)NC(=O)c1ccccc1. The number of carbonyl (C=O) groups excluding carboxylic acids is 3. The van der Waals surface area contributed by atoms with Crippen molar-refractivity contribution in [3.8, 4) is 0 Å². The number of rotatable bonds is 6. The molecule has 6 heteroatoms. The van der Waals surface area contributed by atoms with Crippen LogP contribution in [-0.2, 0) is 9.59 Å². The van der Waals surface area contributed by atoms with Gasteiger partial charge < -0.3 is 15.5 Å². The molecular weight excluding hydrogens is 342 g/mol. The largest absolute Gasteiger partial charge is 0.341 e. The van der Waals surface area contributed by atoms with Crippen LogP contribution in [0.15, 0.2) is 48.5 Å². The van der Waals surface area contributed by atoms with Gasteiger partial charge in [-0.15, -0.1) is 0 Å². The van der Waals surface area contributed by atoms with Crippen molar-refractivity contribution in [3.63, 3.8) is 0 Å². The molecule has 2 aromatic carbocycles. The Bertz CT molecular complexity index is 814. The van der Waals surface area contributed by atoms with Crippen molar-refractivity contribution in [2.45, 2.75) is 26.8 Å². The van der Waals surface area contributed by atoms with Crippen LogP contribution in [0.2, 0.25) is 0 Å². The molecule has 0 aromatic heterocycles. The summed E-state index contributed by atoms with van der Waals surface area (Å²) >= 11 is 0. The lowest BCUT2D eigenvalue weighted by molar-refractivity contribution is -0.134. The molecule has 1 atom stereocenters. The second kappa shape index (κ2) is 8.98. The lowest BCUT2D eigenvalue weighted by Gasteiger charge is -2.22. The summed E-state index contributed by atoms with van der Waals surface area (Å²) in [4.78, 5) is 38.2. The first-order chi connectivity index (χ1) is 12.8. The van der Waals surface area contributed by atoms with E-state index in [0.717, 1.165) is 16.8 Å². The molecule has 0 aliphatic rings. The summed E-state index contributed by atoms with van der Waals surface area (Å²) in [5.74, 6) is -0.953. The fourth-order valence-corrected chi connectivity index (χ4v) is 2.75. The van der Waals surface area contributed by atoms with Crippen LogP contribution in [0, 0.1) is 13.8 Å². The highest BCUT2D eigenvalue weighted by Gasteiger charge is 2.22. The lowest BCUT2D eigenvalue weighted by Crippen LogP contribution is -2.47. The van der Waals surface area contributed by atoms with Gasteiger partial charge in [-0.3, -0.25) is 14.4 Å². The Morgan fingerprint density at radius 2 is 1.56 bits per heavy atom. The molecule has 0 heterocycles. The molecule has 2 aromatic rings. The van der Waals surface area contributed by atoms with E-state index in [1.54, 1.807) is 31.2 Å². The van der Waals surface area contributed by atoms with Gasteiger partial charge in [0.05, 0.1) is 6.54 Å². The van der Waals surface area contributed by atoms with Gasteiger partial charge in [0.15, 0.2) is 0 Å². The minimum Gasteiger partial charge on any atom is -0.341 e. The van der Waals surface area contributed by atoms with Crippen molar-refractivity contribution < 1.29 is 14.4 Å². The molecular formula is C21H25N3O3. The topological polar surface area (TPSA) is 78.5 Å². The van der Waals surface area contributed by atoms with E-state index < -0.39 is 6.04 Å². The van der Waals surface area contributed by atoms with Crippen molar-refractivity contribution in [2.75, 3.05) is 18.9 Å². The highest BCUT2D eigenvalue weighted by atomic mass is 16.2. The van der Waals surface area contributed by atoms with E-state index >= 15 is 0 Å². The molecule has 142 valence electrons. The van der Waals surface area contributed by atoms with Gasteiger partial charge in [-0.2, -0.15) is 0 Å². The molecule has 0 fully saturated rings. The number of aryl methyl sites for hydroxylation is 2. The molecule has 0 saturated heterocycles. The normalized spacial score (nSPS) is 11.4. The van der Waals surface area contributed by atoms with E-state index in [1.165, 1.54) is 11.9 Å². The average Bonchev–Trinajstić information content (AvgIpc) is 2.64. The third-order valence-corrected chi connectivity index (χ3v) is 4.26. The number of amides is 3. The van der Waals surface area contributed by atoms with E-state index in [4.69, 9.17) is 0 Å². The Hall–Kier alpha value is -3.15. The van der Waals surface area contributed by atoms with Gasteiger partial charge in [0, 0.05) is 18.3 Å². The number of para-hydroxylation sites is 1. The number of nitrogens with one attached hydrogen (secondary N) is 2. The van der Waals surface area contributed by atoms with Crippen LogP contribution in [-0.4, -0.2) is 42.3 Å². The highest BCUT2D eigenvalue weighted by Crippen LogP contribution is 2.19. The zero-order chi connectivity index (χ0) is 20.0. The van der Waals surface area contributed by atoms with E-state index in [1.807, 2.05) is 38.1 Å². The van der Waals surface area contributed by atoms with Crippen LogP contribution in [0.3, 0.4) is 0 Å². The molecule has 0 radical (unpaired) electrons. The third kappa shape index (κ3) is 5.41. The monoisotopic (exact) mass is 367 g/mol. The highest BCUT2D eigenvalue weighted by molar-refractivity contribution is 5.99. The molecule has 0 aliphatic carbocycles. The summed E-state index contributed by atoms with van der Waals surface area (Å²) < 4.78 is 0. The maximum Gasteiger partial charge on any atom is 0.251 e. The second-order valence-corrected chi connectivity index (χ2v) is 6.57. The number of anilines is 1. The third-order valence-electron chi connectivity index (χ3n) is 4.26. The Labute approximate surface area is 159 Å². The standard InChI is InChI=1S/C21H25N3O3/c1-14-9-8-10-15(2)19(14)23-18(25)13-24(4)21(27)16(3)22-20(26)17-11-6-5-7-12-17/h5-12,16H,13H2,1-4H3,(H,22,26)(H,23,25). The summed E-state index contributed by atoms with van der Waals surface area (Å²) in [6.07, 6.45) is 0. The molecule has 0 aliphatic heterocycles. The molecule has 2 N–H and O–H groups in total. The van der Waals surface area contributed by atoms with Crippen LogP contribution in [0.4, 0.5) is 5.69 Å². The fraction of sp³-hybridized carbons (Fsp3) is 0.286. The zero-order valence-electron chi connectivity index (χ0n) is 16.1. The lowest BCUT2D eigenvalue weighted by atomic mass is 10.1. The quantitative estimate of drug-likeness (QED) is 0.823. The molecule has 1 unspecified atom stereocenters. The minimum atomic E-state index is -0.740. The van der Waals surface area contributed by atoms with E-state index in [2.05, 4.69) is 10.6 Å². The van der Waals surface area contributed by atoms with Crippen LogP contribution in [0.25, 0.3) is 0 Å². The molecule has 2 rings (SSSR count). The maximum absolute atomic E-state index is 12.5. The van der Waals surface area contributed by atoms with Crippen LogP contribution in [0.5, 0.6) is 0 Å². The number of hydrogen-bond acceptors (Lipinski definition) is 3. The summed E-state index contributed by atoms with van der Waals surface area (Å²) in [6, 6.07) is 13.7. The predicted molar refractivity (Wildman–Crippen MR) is 106 cm³/mol. The van der Waals surface area contributed by atoms with Crippen molar-refractivity contribution in [1.29, 1.82) is 0 Å². The number of benzene rings is 2. The zero-order valence-corrected chi connectivity index (χ0v) is 16.1. The Balaban J connectivity index is 1.92. The van der Waals surface area contributed by atoms with Crippen molar-refractivity contribution in [1.82, 2.24) is 10.2 Å². The van der Waals surface area contributed by atoms with Crippen LogP contribution in [0.1, 0.15) is 28.4 Å². The molecule has 27 heavy (non-hydrogen) atoms. The van der Waals surface area contributed by atoms with Gasteiger partial charge in [-0.25, -0.2) is 0 Å². The number of hydrogen-bond donors (Lipinski definition) is 2. The molecule has 6 nitrogen and oxygen atoms in total. The fourth-order valence-electron chi connectivity index (χ4n) is 2.75. The second-order valence-electron chi connectivity index (χ2n) is 6.57. The first kappa shape index (κ1) is 20.2. The number of carbonyl (C=O) groups is 3. The molecule has 0 spiro atoms. The predicted octanol–water partition coefficient (Wildman–Crippen LogP) is 2.52. The smallest absolute Gasteiger partial charge is 0.251 e. The van der Waals surface area contributed by atoms with Gasteiger partial charge >= 0.3 is 0 Å². The van der Waals surface area contributed by atoms with Crippen LogP contribution >= 0.6 is 0 Å². The minimum absolute atomic E-state index is 0.0991. The average molecular weight is 367 g/mol. The summed E-state index contributed by atoms with van der Waals surface area (Å²) in [6.45, 7) is 5.33. The van der Waals surface area contributed by atoms with Gasteiger partial charge in [-0.05, 0) is 44.0 Å². The summed E-state index contributed by atoms with van der Waals surface area (Å²) in [5.41, 5.74) is 3.16. The van der Waals surface area contributed by atoms with Crippen LogP contribution < -0.4 is 10.6 Å². The Morgan fingerprint density at radius 3 is 2.15 bits per heavy atom. The number of nitrogens with zero attached hydrogens (tertiary/aromatic N) is 1. The van der Waals surface area contributed by atoms with Gasteiger partial charge in [0.1, 0.15) is 6.04 Å². The van der Waals surface area contributed by atoms with Crippen molar-refractivity contribution >= 4 is 23.4 Å². The van der Waals surface area contributed by atoms with Gasteiger partial charge in [0.2, 0.25) is 11.8 Å². The first-order valence-corrected chi connectivity index (χ1v) is 8.76. The molecule has 0 bridgehead atoms. The first-order valence-electron chi connectivity index (χ1n) is 8.76. The van der Waals surface area contributed by atoms with E-state index in [-0.39, 0.29) is 24.3 Å². The van der Waals surface area contributed by atoms with E-state index in [9.17, 15) is 14.4 Å². The van der Waals surface area contributed by atoms with Crippen molar-refractivity contribution in [3.05, 3.63) is 65.2 Å². The summed E-state index contributed by atoms with van der Waals surface area (Å²) in [7, 11) is 1.54. The maximum atomic E-state index is 12.5.